The van der Waals surface area contributed by atoms with Crippen molar-refractivity contribution in [2.45, 2.75) is 13.3 Å². The monoisotopic (exact) mass is 235 g/mol. The summed E-state index contributed by atoms with van der Waals surface area (Å²) in [5.74, 6) is -0.0367. The molecule has 0 atom stereocenters. The molecule has 5 heteroatoms. The van der Waals surface area contributed by atoms with Gasteiger partial charge in [0, 0.05) is 24.0 Å². The Morgan fingerprint density at radius 1 is 1.47 bits per heavy atom. The van der Waals surface area contributed by atoms with E-state index >= 15 is 0 Å². The molecule has 2 rings (SSSR count). The average Bonchev–Trinajstić information content (AvgIpc) is 2.61. The summed E-state index contributed by atoms with van der Waals surface area (Å²) >= 11 is 0. The van der Waals surface area contributed by atoms with Crippen molar-refractivity contribution in [2.75, 3.05) is 6.54 Å². The van der Waals surface area contributed by atoms with Gasteiger partial charge in [-0.3, -0.25) is 4.79 Å². The van der Waals surface area contributed by atoms with Gasteiger partial charge in [-0.2, -0.15) is 0 Å². The lowest BCUT2D eigenvalue weighted by atomic mass is 10.1. The summed E-state index contributed by atoms with van der Waals surface area (Å²) in [6.45, 7) is 1.93. The molecule has 6 N–H and O–H groups in total. The lowest BCUT2D eigenvalue weighted by Crippen LogP contribution is -2.01. The molecule has 0 aliphatic heterocycles. The number of hydrogen-bond donors (Lipinski definition) is 4. The van der Waals surface area contributed by atoms with Gasteiger partial charge in [0.2, 0.25) is 5.91 Å². The maximum absolute atomic E-state index is 9.30. The van der Waals surface area contributed by atoms with E-state index in [4.69, 9.17) is 5.73 Å². The van der Waals surface area contributed by atoms with Crippen molar-refractivity contribution in [2.24, 2.45) is 11.5 Å². The number of carbonyl (C=O) groups excluding carboxylic acids is 1. The molecule has 0 bridgehead atoms. The van der Waals surface area contributed by atoms with Gasteiger partial charge in [-0.15, -0.1) is 0 Å². The van der Waals surface area contributed by atoms with E-state index in [0.29, 0.717) is 12.3 Å². The number of primary amides is 1. The van der Waals surface area contributed by atoms with Crippen LogP contribution < -0.4 is 11.5 Å². The number of fused-ring (bicyclic) bond motifs is 1. The molecule has 0 saturated heterocycles. The highest BCUT2D eigenvalue weighted by Gasteiger charge is 2.02. The number of nitrogens with one attached hydrogen (secondary N) is 1. The van der Waals surface area contributed by atoms with Crippen molar-refractivity contribution < 1.29 is 9.90 Å². The van der Waals surface area contributed by atoms with Crippen LogP contribution in [0.1, 0.15) is 12.5 Å². The van der Waals surface area contributed by atoms with Crippen LogP contribution in [0, 0.1) is 0 Å². The second-order valence-electron chi connectivity index (χ2n) is 3.69. The van der Waals surface area contributed by atoms with E-state index in [1.165, 1.54) is 6.92 Å². The molecule has 0 aliphatic carbocycles. The van der Waals surface area contributed by atoms with Crippen LogP contribution in [0.2, 0.25) is 0 Å². The molecule has 1 amide bonds. The highest BCUT2D eigenvalue weighted by Crippen LogP contribution is 2.22. The molecule has 2 aromatic rings. The third-order valence-corrected chi connectivity index (χ3v) is 2.16. The molecule has 1 aromatic carbocycles. The third kappa shape index (κ3) is 3.81. The summed E-state index contributed by atoms with van der Waals surface area (Å²) in [5.41, 5.74) is 12.1. The number of carbonyl (C=O) groups is 1. The Morgan fingerprint density at radius 3 is 2.71 bits per heavy atom. The molecule has 1 heterocycles. The fourth-order valence-electron chi connectivity index (χ4n) is 1.53. The standard InChI is InChI=1S/C10H12N2O.C2H5NO/c11-4-3-7-6-12-10-2-1-8(13)5-9(7)10;1-2(3)4/h1-2,5-6,12-13H,3-4,11H2;1H3,(H2,3,4). The predicted octanol–water partition coefficient (Wildman–Crippen LogP) is 0.866. The van der Waals surface area contributed by atoms with Gasteiger partial charge in [0.05, 0.1) is 0 Å². The van der Waals surface area contributed by atoms with Gasteiger partial charge in [0.1, 0.15) is 5.75 Å². The van der Waals surface area contributed by atoms with Crippen LogP contribution in [0.25, 0.3) is 10.9 Å². The molecule has 92 valence electrons. The molecule has 0 aliphatic rings. The molecule has 0 saturated carbocycles. The Labute approximate surface area is 99.4 Å². The first-order valence-electron chi connectivity index (χ1n) is 5.29. The number of aromatic nitrogens is 1. The van der Waals surface area contributed by atoms with E-state index in [-0.39, 0.29) is 5.91 Å². The lowest BCUT2D eigenvalue weighted by Gasteiger charge is -1.96. The van der Waals surface area contributed by atoms with E-state index in [2.05, 4.69) is 10.7 Å². The Bertz CT molecular complexity index is 501. The smallest absolute Gasteiger partial charge is 0.214 e. The second-order valence-corrected chi connectivity index (χ2v) is 3.69. The van der Waals surface area contributed by atoms with Gasteiger partial charge >= 0.3 is 0 Å². The van der Waals surface area contributed by atoms with Crippen LogP contribution in [-0.4, -0.2) is 22.5 Å². The van der Waals surface area contributed by atoms with Crippen molar-refractivity contribution in [3.05, 3.63) is 30.0 Å². The minimum atomic E-state index is -0.333. The van der Waals surface area contributed by atoms with Gasteiger partial charge < -0.3 is 21.6 Å². The SMILES string of the molecule is CC(N)=O.NCCc1c[nH]c2ccc(O)cc12. The molecular formula is C12H17N3O2. The first-order chi connectivity index (χ1) is 8.04. The Morgan fingerprint density at radius 2 is 2.12 bits per heavy atom. The first kappa shape index (κ1) is 13.1. The average molecular weight is 235 g/mol. The van der Waals surface area contributed by atoms with Gasteiger partial charge in [0.25, 0.3) is 0 Å². The van der Waals surface area contributed by atoms with E-state index in [1.54, 1.807) is 12.1 Å². The molecule has 0 spiro atoms. The highest BCUT2D eigenvalue weighted by atomic mass is 16.3. The molecule has 1 aromatic heterocycles. The summed E-state index contributed by atoms with van der Waals surface area (Å²) in [7, 11) is 0. The van der Waals surface area contributed by atoms with Gasteiger partial charge in [0.15, 0.2) is 0 Å². The summed E-state index contributed by atoms with van der Waals surface area (Å²) < 4.78 is 0. The Balaban J connectivity index is 0.000000317. The normalized spacial score (nSPS) is 9.76. The number of aromatic amines is 1. The minimum absolute atomic E-state index is 0.297. The zero-order valence-corrected chi connectivity index (χ0v) is 9.73. The van der Waals surface area contributed by atoms with Crippen LogP contribution in [-0.2, 0) is 11.2 Å². The maximum Gasteiger partial charge on any atom is 0.214 e. The van der Waals surface area contributed by atoms with E-state index in [0.717, 1.165) is 22.9 Å². The number of aromatic hydroxyl groups is 1. The molecule has 17 heavy (non-hydrogen) atoms. The number of benzene rings is 1. The lowest BCUT2D eigenvalue weighted by molar-refractivity contribution is -0.115. The van der Waals surface area contributed by atoms with Gasteiger partial charge in [-0.25, -0.2) is 0 Å². The fourth-order valence-corrected chi connectivity index (χ4v) is 1.53. The fraction of sp³-hybridized carbons (Fsp3) is 0.250. The largest absolute Gasteiger partial charge is 0.508 e. The highest BCUT2D eigenvalue weighted by molar-refractivity contribution is 5.84. The number of amides is 1. The zero-order valence-electron chi connectivity index (χ0n) is 9.73. The number of nitrogens with two attached hydrogens (primary N) is 2. The topological polar surface area (TPSA) is 105 Å². The molecule has 0 fully saturated rings. The van der Waals surface area contributed by atoms with Crippen molar-refractivity contribution in [3.8, 4) is 5.75 Å². The number of H-pyrrole nitrogens is 1. The quantitative estimate of drug-likeness (QED) is 0.620. The summed E-state index contributed by atoms with van der Waals surface area (Å²) in [6.07, 6.45) is 2.78. The number of phenols is 1. The van der Waals surface area contributed by atoms with Crippen LogP contribution in [0.3, 0.4) is 0 Å². The Kier molecular flexibility index (Phi) is 4.54. The van der Waals surface area contributed by atoms with Crippen molar-refractivity contribution in [1.82, 2.24) is 4.98 Å². The minimum Gasteiger partial charge on any atom is -0.508 e. The van der Waals surface area contributed by atoms with Crippen LogP contribution in [0.5, 0.6) is 5.75 Å². The molecule has 5 nitrogen and oxygen atoms in total. The third-order valence-electron chi connectivity index (χ3n) is 2.16. The van der Waals surface area contributed by atoms with Crippen LogP contribution >= 0.6 is 0 Å². The first-order valence-corrected chi connectivity index (χ1v) is 5.29. The predicted molar refractivity (Wildman–Crippen MR) is 67.6 cm³/mol. The number of hydrogen-bond acceptors (Lipinski definition) is 3. The van der Waals surface area contributed by atoms with Crippen molar-refractivity contribution in [3.63, 3.8) is 0 Å². The molecule has 0 unspecified atom stereocenters. The summed E-state index contributed by atoms with van der Waals surface area (Å²) in [5, 5.41) is 10.4. The van der Waals surface area contributed by atoms with E-state index in [9.17, 15) is 9.90 Å². The summed E-state index contributed by atoms with van der Waals surface area (Å²) in [4.78, 5) is 12.4. The second kappa shape index (κ2) is 5.91. The molecular weight excluding hydrogens is 218 g/mol. The van der Waals surface area contributed by atoms with Gasteiger partial charge in [-0.05, 0) is 36.7 Å². The number of rotatable bonds is 2. The van der Waals surface area contributed by atoms with Crippen molar-refractivity contribution >= 4 is 16.8 Å². The van der Waals surface area contributed by atoms with E-state index in [1.807, 2.05) is 12.3 Å². The van der Waals surface area contributed by atoms with Gasteiger partial charge in [-0.1, -0.05) is 0 Å². The van der Waals surface area contributed by atoms with E-state index < -0.39 is 0 Å². The maximum atomic E-state index is 9.30. The summed E-state index contributed by atoms with van der Waals surface area (Å²) in [6, 6.07) is 5.30. The zero-order chi connectivity index (χ0) is 12.8. The number of phenolic OH excluding ortho intramolecular Hbond substituents is 1. The molecule has 0 radical (unpaired) electrons. The Hall–Kier alpha value is -2.01. The van der Waals surface area contributed by atoms with Crippen LogP contribution in [0.4, 0.5) is 0 Å². The van der Waals surface area contributed by atoms with Crippen molar-refractivity contribution in [1.29, 1.82) is 0 Å². The van der Waals surface area contributed by atoms with Crippen LogP contribution in [0.15, 0.2) is 24.4 Å².